The van der Waals surface area contributed by atoms with E-state index < -0.39 is 11.3 Å². The molecule has 3 aromatic rings. The van der Waals surface area contributed by atoms with Gasteiger partial charge < -0.3 is 10.1 Å². The van der Waals surface area contributed by atoms with E-state index in [1.165, 1.54) is 18.2 Å². The van der Waals surface area contributed by atoms with Gasteiger partial charge in [0.15, 0.2) is 0 Å². The molecule has 0 aliphatic heterocycles. The van der Waals surface area contributed by atoms with E-state index in [9.17, 15) is 9.59 Å². The van der Waals surface area contributed by atoms with Crippen LogP contribution in [0.5, 0.6) is 0 Å². The van der Waals surface area contributed by atoms with Gasteiger partial charge in [0.25, 0.3) is 5.56 Å². The number of hydrogen-bond donors (Lipinski definition) is 2. The second-order valence-corrected chi connectivity index (χ2v) is 5.20. The summed E-state index contributed by atoms with van der Waals surface area (Å²) in [6.45, 7) is 0. The highest BCUT2D eigenvalue weighted by atomic mass is 35.5. The van der Waals surface area contributed by atoms with Crippen molar-refractivity contribution in [3.05, 3.63) is 75.7 Å². The number of aromatic carboxylic acids is 1. The molecule has 1 atom stereocenters. The van der Waals surface area contributed by atoms with Crippen molar-refractivity contribution in [1.29, 1.82) is 0 Å². The van der Waals surface area contributed by atoms with Crippen molar-refractivity contribution in [2.24, 2.45) is 0 Å². The first kappa shape index (κ1) is 14.3. The minimum absolute atomic E-state index is 0.101. The molecule has 0 aliphatic rings. The Morgan fingerprint density at radius 3 is 2.59 bits per heavy atom. The highest BCUT2D eigenvalue weighted by Crippen LogP contribution is 2.25. The zero-order chi connectivity index (χ0) is 15.7. The number of alkyl halides is 1. The van der Waals surface area contributed by atoms with E-state index >= 15 is 0 Å². The normalized spacial score (nSPS) is 12.2. The maximum atomic E-state index is 12.1. The molecule has 0 saturated carbocycles. The second-order valence-electron chi connectivity index (χ2n) is 4.76. The van der Waals surface area contributed by atoms with E-state index in [-0.39, 0.29) is 16.8 Å². The molecular weight excluding hydrogens is 304 g/mol. The average Bonchev–Trinajstić information content (AvgIpc) is 2.54. The number of halogens is 1. The number of rotatable bonds is 3. The minimum atomic E-state index is -1.05. The van der Waals surface area contributed by atoms with E-state index in [1.807, 2.05) is 18.2 Å². The molecule has 3 rings (SSSR count). The highest BCUT2D eigenvalue weighted by molar-refractivity contribution is 6.22. The number of nitrogens with one attached hydrogen (secondary N) is 1. The molecule has 0 aliphatic carbocycles. The molecule has 1 heterocycles. The summed E-state index contributed by atoms with van der Waals surface area (Å²) in [6.07, 6.45) is 0. The molecule has 0 spiro atoms. The Labute approximate surface area is 130 Å². The fraction of sp³-hybridized carbons (Fsp3) is 0.0625. The SMILES string of the molecule is O=C(O)c1ccc2[nH]c(=O)c(C(Cl)c3ccccc3)nc2c1. The molecule has 0 amide bonds. The van der Waals surface area contributed by atoms with Crippen molar-refractivity contribution < 1.29 is 9.90 Å². The molecule has 110 valence electrons. The Hall–Kier alpha value is -2.66. The summed E-state index contributed by atoms with van der Waals surface area (Å²) in [7, 11) is 0. The molecule has 0 bridgehead atoms. The van der Waals surface area contributed by atoms with Gasteiger partial charge in [0, 0.05) is 0 Å². The summed E-state index contributed by atoms with van der Waals surface area (Å²) in [5.41, 5.74) is 1.45. The van der Waals surface area contributed by atoms with Gasteiger partial charge >= 0.3 is 5.97 Å². The largest absolute Gasteiger partial charge is 0.478 e. The first-order valence-corrected chi connectivity index (χ1v) is 6.96. The van der Waals surface area contributed by atoms with Gasteiger partial charge in [-0.1, -0.05) is 30.3 Å². The second kappa shape index (κ2) is 5.61. The van der Waals surface area contributed by atoms with Crippen molar-refractivity contribution in [3.8, 4) is 0 Å². The topological polar surface area (TPSA) is 83.0 Å². The quantitative estimate of drug-likeness (QED) is 0.728. The maximum absolute atomic E-state index is 12.1. The van der Waals surface area contributed by atoms with Crippen LogP contribution in [0.15, 0.2) is 53.3 Å². The zero-order valence-electron chi connectivity index (χ0n) is 11.3. The Kier molecular flexibility index (Phi) is 3.65. The Morgan fingerprint density at radius 2 is 1.91 bits per heavy atom. The number of H-pyrrole nitrogens is 1. The van der Waals surface area contributed by atoms with Crippen LogP contribution in [0.25, 0.3) is 11.0 Å². The summed E-state index contributed by atoms with van der Waals surface area (Å²) in [5, 5.41) is 8.32. The predicted octanol–water partition coefficient (Wildman–Crippen LogP) is 2.95. The van der Waals surface area contributed by atoms with Gasteiger partial charge in [-0.15, -0.1) is 11.6 Å². The zero-order valence-corrected chi connectivity index (χ0v) is 12.0. The van der Waals surface area contributed by atoms with Crippen LogP contribution in [-0.4, -0.2) is 21.0 Å². The fourth-order valence-corrected chi connectivity index (χ4v) is 2.47. The minimum Gasteiger partial charge on any atom is -0.478 e. The lowest BCUT2D eigenvalue weighted by Gasteiger charge is -2.09. The molecule has 6 heteroatoms. The number of aromatic nitrogens is 2. The van der Waals surface area contributed by atoms with E-state index in [0.29, 0.717) is 11.0 Å². The van der Waals surface area contributed by atoms with Gasteiger partial charge in [-0.3, -0.25) is 4.79 Å². The number of hydrogen-bond acceptors (Lipinski definition) is 3. The van der Waals surface area contributed by atoms with Crippen molar-refractivity contribution in [1.82, 2.24) is 9.97 Å². The maximum Gasteiger partial charge on any atom is 0.335 e. The number of carboxylic acid groups (broad SMARTS) is 1. The van der Waals surface area contributed by atoms with Crippen LogP contribution in [0.2, 0.25) is 0 Å². The Balaban J connectivity index is 2.15. The Morgan fingerprint density at radius 1 is 1.18 bits per heavy atom. The standard InChI is InChI=1S/C16H11ClN2O3/c17-13(9-4-2-1-3-5-9)14-15(20)19-11-7-6-10(16(21)22)8-12(11)18-14/h1-8,13H,(H,19,20)(H,21,22). The number of fused-ring (bicyclic) bond motifs is 1. The molecule has 1 unspecified atom stereocenters. The van der Waals surface area contributed by atoms with E-state index in [1.54, 1.807) is 12.1 Å². The molecular formula is C16H11ClN2O3. The van der Waals surface area contributed by atoms with Crippen molar-refractivity contribution in [2.75, 3.05) is 0 Å². The molecule has 2 aromatic carbocycles. The summed E-state index contributed by atoms with van der Waals surface area (Å²) in [5.74, 6) is -1.05. The van der Waals surface area contributed by atoms with E-state index in [4.69, 9.17) is 16.7 Å². The summed E-state index contributed by atoms with van der Waals surface area (Å²) < 4.78 is 0. The number of nitrogens with zero attached hydrogens (tertiary/aromatic N) is 1. The number of carbonyl (C=O) groups is 1. The van der Waals surface area contributed by atoms with Crippen LogP contribution >= 0.6 is 11.6 Å². The van der Waals surface area contributed by atoms with Gasteiger partial charge in [-0.2, -0.15) is 0 Å². The highest BCUT2D eigenvalue weighted by Gasteiger charge is 2.17. The lowest BCUT2D eigenvalue weighted by Crippen LogP contribution is -2.17. The van der Waals surface area contributed by atoms with Gasteiger partial charge in [0.05, 0.1) is 16.6 Å². The smallest absolute Gasteiger partial charge is 0.335 e. The molecule has 0 radical (unpaired) electrons. The molecule has 0 fully saturated rings. The monoisotopic (exact) mass is 314 g/mol. The van der Waals surface area contributed by atoms with Crippen molar-refractivity contribution in [2.45, 2.75) is 5.38 Å². The van der Waals surface area contributed by atoms with Crippen molar-refractivity contribution in [3.63, 3.8) is 0 Å². The van der Waals surface area contributed by atoms with Crippen LogP contribution in [-0.2, 0) is 0 Å². The number of carboxylic acids is 1. The molecule has 0 saturated heterocycles. The first-order chi connectivity index (χ1) is 10.6. The van der Waals surface area contributed by atoms with Crippen LogP contribution in [0.4, 0.5) is 0 Å². The van der Waals surface area contributed by atoms with Crippen LogP contribution < -0.4 is 5.56 Å². The summed E-state index contributed by atoms with van der Waals surface area (Å²) >= 11 is 6.34. The van der Waals surface area contributed by atoms with Gasteiger partial charge in [0.1, 0.15) is 11.1 Å². The van der Waals surface area contributed by atoms with Crippen LogP contribution in [0.1, 0.15) is 27.0 Å². The van der Waals surface area contributed by atoms with Crippen molar-refractivity contribution >= 4 is 28.6 Å². The van der Waals surface area contributed by atoms with E-state index in [0.717, 1.165) is 5.56 Å². The third-order valence-corrected chi connectivity index (χ3v) is 3.76. The van der Waals surface area contributed by atoms with Gasteiger partial charge in [-0.25, -0.2) is 9.78 Å². The molecule has 5 nitrogen and oxygen atoms in total. The predicted molar refractivity (Wildman–Crippen MR) is 83.5 cm³/mol. The number of benzene rings is 2. The molecule has 2 N–H and O–H groups in total. The molecule has 22 heavy (non-hydrogen) atoms. The van der Waals surface area contributed by atoms with Crippen LogP contribution in [0.3, 0.4) is 0 Å². The average molecular weight is 315 g/mol. The lowest BCUT2D eigenvalue weighted by atomic mass is 10.1. The van der Waals surface area contributed by atoms with Crippen LogP contribution in [0, 0.1) is 0 Å². The summed E-state index contributed by atoms with van der Waals surface area (Å²) in [6, 6.07) is 13.4. The van der Waals surface area contributed by atoms with Gasteiger partial charge in [-0.05, 0) is 23.8 Å². The third-order valence-electron chi connectivity index (χ3n) is 3.30. The summed E-state index contributed by atoms with van der Waals surface area (Å²) in [4.78, 5) is 30.1. The molecule has 1 aromatic heterocycles. The van der Waals surface area contributed by atoms with E-state index in [2.05, 4.69) is 9.97 Å². The Bertz CT molecular complexity index is 906. The van der Waals surface area contributed by atoms with Gasteiger partial charge in [0.2, 0.25) is 0 Å². The fourth-order valence-electron chi connectivity index (χ4n) is 2.18. The third kappa shape index (κ3) is 2.58. The number of aromatic amines is 1. The first-order valence-electron chi connectivity index (χ1n) is 6.52. The lowest BCUT2D eigenvalue weighted by molar-refractivity contribution is 0.0697.